The second kappa shape index (κ2) is 7.41. The second-order valence-electron chi connectivity index (χ2n) is 3.77. The number of rotatable bonds is 7. The Hall–Kier alpha value is -1.04. The summed E-state index contributed by atoms with van der Waals surface area (Å²) < 4.78 is 11.2. The van der Waals surface area contributed by atoms with Gasteiger partial charge in [-0.2, -0.15) is 0 Å². The summed E-state index contributed by atoms with van der Waals surface area (Å²) in [4.78, 5) is 0. The van der Waals surface area contributed by atoms with Gasteiger partial charge in [0.15, 0.2) is 0 Å². The predicted molar refractivity (Wildman–Crippen MR) is 75.4 cm³/mol. The third kappa shape index (κ3) is 4.33. The fourth-order valence-corrected chi connectivity index (χ4v) is 1.75. The Morgan fingerprint density at radius 1 is 1.44 bits per heavy atom. The van der Waals surface area contributed by atoms with Gasteiger partial charge < -0.3 is 19.9 Å². The number of aliphatic hydroxyl groups excluding tert-OH is 1. The van der Waals surface area contributed by atoms with E-state index in [1.807, 2.05) is 0 Å². The monoisotopic (exact) mass is 315 g/mol. The number of halogens is 1. The van der Waals surface area contributed by atoms with E-state index in [0.29, 0.717) is 30.2 Å². The van der Waals surface area contributed by atoms with Crippen LogP contribution in [0.5, 0.6) is 11.5 Å². The van der Waals surface area contributed by atoms with Crippen molar-refractivity contribution < 1.29 is 14.6 Å². The van der Waals surface area contributed by atoms with Crippen LogP contribution in [0.4, 0.5) is 0 Å². The zero-order chi connectivity index (χ0) is 13.5. The van der Waals surface area contributed by atoms with Gasteiger partial charge in [-0.05, 0) is 18.2 Å². The Morgan fingerprint density at radius 3 is 2.72 bits per heavy atom. The molecule has 0 aliphatic rings. The van der Waals surface area contributed by atoms with Crippen molar-refractivity contribution in [2.24, 2.45) is 0 Å². The molecular weight excluding hydrogens is 298 g/mol. The third-order valence-electron chi connectivity index (χ3n) is 2.45. The molecule has 0 bridgehead atoms. The average molecular weight is 316 g/mol. The van der Waals surface area contributed by atoms with Gasteiger partial charge in [0.05, 0.1) is 20.3 Å². The molecule has 4 nitrogen and oxygen atoms in total. The zero-order valence-corrected chi connectivity index (χ0v) is 12.2. The van der Waals surface area contributed by atoms with E-state index < -0.39 is 6.10 Å². The van der Waals surface area contributed by atoms with Crippen molar-refractivity contribution in [3.63, 3.8) is 0 Å². The van der Waals surface area contributed by atoms with Crippen molar-refractivity contribution >= 4 is 15.9 Å². The second-order valence-corrected chi connectivity index (χ2v) is 4.89. The molecule has 0 aliphatic heterocycles. The maximum Gasteiger partial charge on any atom is 0.124 e. The fourth-order valence-electron chi connectivity index (χ4n) is 1.55. The zero-order valence-electron chi connectivity index (χ0n) is 10.6. The quantitative estimate of drug-likeness (QED) is 0.810. The summed E-state index contributed by atoms with van der Waals surface area (Å²) >= 11 is 3.25. The Balaban J connectivity index is 2.75. The highest BCUT2D eigenvalue weighted by Crippen LogP contribution is 2.29. The van der Waals surface area contributed by atoms with Crippen LogP contribution < -0.4 is 14.8 Å². The van der Waals surface area contributed by atoms with Gasteiger partial charge in [-0.3, -0.25) is 0 Å². The molecule has 0 spiro atoms. The number of hydrogen-bond acceptors (Lipinski definition) is 4. The number of aliphatic hydroxyl groups is 1. The summed E-state index contributed by atoms with van der Waals surface area (Å²) in [7, 11) is 3.16. The lowest BCUT2D eigenvalue weighted by atomic mass is 10.1. The van der Waals surface area contributed by atoms with E-state index in [9.17, 15) is 5.11 Å². The molecule has 100 valence electrons. The molecular formula is C13H18BrNO3. The number of hydrogen-bond donors (Lipinski definition) is 2. The molecule has 0 heterocycles. The first-order valence-electron chi connectivity index (χ1n) is 5.52. The maximum absolute atomic E-state index is 10.1. The van der Waals surface area contributed by atoms with Crippen LogP contribution in [0.25, 0.3) is 0 Å². The van der Waals surface area contributed by atoms with E-state index in [-0.39, 0.29) is 0 Å². The lowest BCUT2D eigenvalue weighted by Gasteiger charge is -2.16. The maximum atomic E-state index is 10.1. The molecule has 0 radical (unpaired) electrons. The van der Waals surface area contributed by atoms with Crippen molar-refractivity contribution in [2.75, 3.05) is 27.3 Å². The highest BCUT2D eigenvalue weighted by atomic mass is 79.9. The highest BCUT2D eigenvalue weighted by Gasteiger charge is 2.14. The topological polar surface area (TPSA) is 50.7 Å². The number of nitrogens with one attached hydrogen (secondary N) is 1. The summed E-state index contributed by atoms with van der Waals surface area (Å²) in [6.45, 7) is 4.73. The molecule has 1 atom stereocenters. The van der Waals surface area contributed by atoms with Crippen molar-refractivity contribution in [1.29, 1.82) is 0 Å². The van der Waals surface area contributed by atoms with E-state index in [1.54, 1.807) is 32.4 Å². The van der Waals surface area contributed by atoms with Gasteiger partial charge in [0.2, 0.25) is 0 Å². The molecule has 0 aliphatic carbocycles. The molecule has 0 fully saturated rings. The van der Waals surface area contributed by atoms with Crippen LogP contribution in [-0.4, -0.2) is 32.4 Å². The molecule has 0 aromatic heterocycles. The molecule has 0 saturated heterocycles. The average Bonchev–Trinajstić information content (AvgIpc) is 2.37. The first-order valence-corrected chi connectivity index (χ1v) is 6.31. The van der Waals surface area contributed by atoms with Gasteiger partial charge in [-0.1, -0.05) is 22.5 Å². The van der Waals surface area contributed by atoms with E-state index >= 15 is 0 Å². The smallest absolute Gasteiger partial charge is 0.124 e. The first kappa shape index (κ1) is 15.0. The van der Waals surface area contributed by atoms with E-state index in [1.165, 1.54) is 0 Å². The predicted octanol–water partition coefficient (Wildman–Crippen LogP) is 2.24. The molecule has 1 unspecified atom stereocenters. The minimum Gasteiger partial charge on any atom is -0.497 e. The molecule has 0 saturated carbocycles. The summed E-state index contributed by atoms with van der Waals surface area (Å²) in [5.74, 6) is 1.33. The van der Waals surface area contributed by atoms with Crippen LogP contribution in [0.3, 0.4) is 0 Å². The largest absolute Gasteiger partial charge is 0.497 e. The van der Waals surface area contributed by atoms with Crippen LogP contribution in [0.15, 0.2) is 29.3 Å². The highest BCUT2D eigenvalue weighted by molar-refractivity contribution is 9.11. The van der Waals surface area contributed by atoms with Gasteiger partial charge in [0, 0.05) is 23.1 Å². The lowest BCUT2D eigenvalue weighted by molar-refractivity contribution is 0.171. The Morgan fingerprint density at radius 2 is 2.17 bits per heavy atom. The first-order chi connectivity index (χ1) is 8.58. The van der Waals surface area contributed by atoms with Crippen LogP contribution in [0.2, 0.25) is 0 Å². The van der Waals surface area contributed by atoms with Gasteiger partial charge in [0.1, 0.15) is 11.5 Å². The summed E-state index contributed by atoms with van der Waals surface area (Å²) in [5.41, 5.74) is 0.699. The molecule has 1 aromatic carbocycles. The Bertz CT molecular complexity index is 409. The van der Waals surface area contributed by atoms with Crippen LogP contribution in [-0.2, 0) is 0 Å². The number of ether oxygens (including phenoxy) is 2. The molecule has 5 heteroatoms. The molecule has 18 heavy (non-hydrogen) atoms. The van der Waals surface area contributed by atoms with Gasteiger partial charge in [0.25, 0.3) is 0 Å². The molecule has 1 rings (SSSR count). The minimum atomic E-state index is -0.665. The lowest BCUT2D eigenvalue weighted by Crippen LogP contribution is -2.22. The van der Waals surface area contributed by atoms with E-state index in [0.717, 1.165) is 4.48 Å². The van der Waals surface area contributed by atoms with Crippen LogP contribution in [0.1, 0.15) is 11.7 Å². The van der Waals surface area contributed by atoms with Crippen molar-refractivity contribution in [1.82, 2.24) is 5.32 Å². The fraction of sp³-hybridized carbons (Fsp3) is 0.385. The SMILES string of the molecule is C=C(Br)CNCC(O)c1cc(OC)ccc1OC. The van der Waals surface area contributed by atoms with Gasteiger partial charge in [-0.25, -0.2) is 0 Å². The van der Waals surface area contributed by atoms with E-state index in [4.69, 9.17) is 9.47 Å². The van der Waals surface area contributed by atoms with Crippen LogP contribution in [0, 0.1) is 0 Å². The summed E-state index contributed by atoms with van der Waals surface area (Å²) in [6, 6.07) is 5.34. The molecule has 0 amide bonds. The normalized spacial score (nSPS) is 12.0. The minimum absolute atomic E-state index is 0.411. The third-order valence-corrected chi connectivity index (χ3v) is 2.73. The van der Waals surface area contributed by atoms with Crippen molar-refractivity contribution in [3.05, 3.63) is 34.8 Å². The van der Waals surface area contributed by atoms with Crippen LogP contribution >= 0.6 is 15.9 Å². The molecule has 1 aromatic rings. The number of benzene rings is 1. The van der Waals surface area contributed by atoms with Crippen molar-refractivity contribution in [2.45, 2.75) is 6.10 Å². The summed E-state index contributed by atoms with van der Waals surface area (Å²) in [6.07, 6.45) is -0.665. The Kier molecular flexibility index (Phi) is 6.18. The van der Waals surface area contributed by atoms with Gasteiger partial charge in [-0.15, -0.1) is 0 Å². The molecule has 2 N–H and O–H groups in total. The summed E-state index contributed by atoms with van der Waals surface area (Å²) in [5, 5.41) is 13.2. The standard InChI is InChI=1S/C13H18BrNO3/c1-9(14)7-15-8-12(16)11-6-10(17-2)4-5-13(11)18-3/h4-6,12,15-16H,1,7-8H2,2-3H3. The van der Waals surface area contributed by atoms with E-state index in [2.05, 4.69) is 27.8 Å². The van der Waals surface area contributed by atoms with Gasteiger partial charge >= 0.3 is 0 Å². The van der Waals surface area contributed by atoms with Crippen molar-refractivity contribution in [3.8, 4) is 11.5 Å². The Labute approximate surface area is 116 Å². The number of methoxy groups -OCH3 is 2.